The van der Waals surface area contributed by atoms with E-state index in [-0.39, 0.29) is 18.2 Å². The van der Waals surface area contributed by atoms with E-state index in [9.17, 15) is 4.79 Å². The van der Waals surface area contributed by atoms with Crippen LogP contribution in [0.2, 0.25) is 0 Å². The standard InChI is InChI=1S/C13H26N2O3/c1-9(2)14-12(13(16)17)5-6-15-7-10(3)18-11(4)8-15/h9-12,14H,5-8H2,1-4H3,(H,16,17). The molecule has 0 radical (unpaired) electrons. The van der Waals surface area contributed by atoms with Gasteiger partial charge in [-0.1, -0.05) is 13.8 Å². The van der Waals surface area contributed by atoms with Gasteiger partial charge in [-0.15, -0.1) is 0 Å². The lowest BCUT2D eigenvalue weighted by Gasteiger charge is -2.35. The number of rotatable bonds is 6. The van der Waals surface area contributed by atoms with E-state index in [1.165, 1.54) is 0 Å². The van der Waals surface area contributed by atoms with E-state index in [4.69, 9.17) is 9.84 Å². The largest absolute Gasteiger partial charge is 0.480 e. The first-order chi connectivity index (χ1) is 8.38. The molecule has 1 saturated heterocycles. The number of carbonyl (C=O) groups is 1. The minimum absolute atomic E-state index is 0.189. The topological polar surface area (TPSA) is 61.8 Å². The summed E-state index contributed by atoms with van der Waals surface area (Å²) in [6, 6.07) is -0.271. The maximum Gasteiger partial charge on any atom is 0.320 e. The third-order valence-electron chi connectivity index (χ3n) is 3.06. The van der Waals surface area contributed by atoms with Crippen LogP contribution in [0.4, 0.5) is 0 Å². The SMILES string of the molecule is CC(C)NC(CCN1CC(C)OC(C)C1)C(=O)O. The number of hydrogen-bond donors (Lipinski definition) is 2. The van der Waals surface area contributed by atoms with Crippen molar-refractivity contribution < 1.29 is 14.6 Å². The molecular formula is C13H26N2O3. The smallest absolute Gasteiger partial charge is 0.320 e. The molecule has 0 aromatic heterocycles. The first kappa shape index (κ1) is 15.4. The minimum Gasteiger partial charge on any atom is -0.480 e. The number of ether oxygens (including phenoxy) is 1. The van der Waals surface area contributed by atoms with Gasteiger partial charge in [0.2, 0.25) is 0 Å². The second-order valence-electron chi connectivity index (χ2n) is 5.52. The Labute approximate surface area is 109 Å². The van der Waals surface area contributed by atoms with Crippen molar-refractivity contribution in [2.24, 2.45) is 0 Å². The van der Waals surface area contributed by atoms with Gasteiger partial charge < -0.3 is 15.2 Å². The molecule has 1 heterocycles. The van der Waals surface area contributed by atoms with Crippen LogP contribution in [0.3, 0.4) is 0 Å². The van der Waals surface area contributed by atoms with Gasteiger partial charge in [-0.05, 0) is 20.3 Å². The van der Waals surface area contributed by atoms with Gasteiger partial charge in [0, 0.05) is 25.7 Å². The second-order valence-corrected chi connectivity index (χ2v) is 5.52. The average Bonchev–Trinajstić information content (AvgIpc) is 2.21. The van der Waals surface area contributed by atoms with E-state index in [1.807, 2.05) is 13.8 Å². The molecule has 0 amide bonds. The van der Waals surface area contributed by atoms with Crippen molar-refractivity contribution in [2.45, 2.75) is 58.4 Å². The molecule has 1 rings (SSSR count). The summed E-state index contributed by atoms with van der Waals surface area (Å²) < 4.78 is 5.66. The van der Waals surface area contributed by atoms with Crippen LogP contribution >= 0.6 is 0 Å². The van der Waals surface area contributed by atoms with Gasteiger partial charge in [0.25, 0.3) is 0 Å². The zero-order valence-electron chi connectivity index (χ0n) is 11.8. The van der Waals surface area contributed by atoms with Gasteiger partial charge in [-0.3, -0.25) is 9.69 Å². The molecular weight excluding hydrogens is 232 g/mol. The van der Waals surface area contributed by atoms with Crippen LogP contribution < -0.4 is 5.32 Å². The Kier molecular flexibility index (Phi) is 6.05. The number of carboxylic acids is 1. The molecule has 0 spiro atoms. The molecule has 0 aromatic carbocycles. The lowest BCUT2D eigenvalue weighted by Crippen LogP contribution is -2.48. The highest BCUT2D eigenvalue weighted by atomic mass is 16.5. The maximum atomic E-state index is 11.1. The van der Waals surface area contributed by atoms with E-state index in [1.54, 1.807) is 0 Å². The van der Waals surface area contributed by atoms with Crippen molar-refractivity contribution in [2.75, 3.05) is 19.6 Å². The van der Waals surface area contributed by atoms with Crippen LogP contribution in [0, 0.1) is 0 Å². The molecule has 1 aliphatic rings. The highest BCUT2D eigenvalue weighted by molar-refractivity contribution is 5.73. The van der Waals surface area contributed by atoms with Gasteiger partial charge in [0.05, 0.1) is 12.2 Å². The lowest BCUT2D eigenvalue weighted by atomic mass is 10.1. The normalized spacial score (nSPS) is 27.4. The van der Waals surface area contributed by atoms with E-state index < -0.39 is 12.0 Å². The zero-order chi connectivity index (χ0) is 13.7. The summed E-state index contributed by atoms with van der Waals surface area (Å²) in [6.45, 7) is 10.6. The number of carboxylic acid groups (broad SMARTS) is 1. The number of nitrogens with zero attached hydrogens (tertiary/aromatic N) is 1. The van der Waals surface area contributed by atoms with Gasteiger partial charge in [-0.2, -0.15) is 0 Å². The minimum atomic E-state index is -0.766. The predicted molar refractivity (Wildman–Crippen MR) is 70.8 cm³/mol. The molecule has 5 heteroatoms. The fourth-order valence-electron chi connectivity index (χ4n) is 2.46. The molecule has 0 bridgehead atoms. The van der Waals surface area contributed by atoms with E-state index in [2.05, 4.69) is 24.1 Å². The second kappa shape index (κ2) is 7.07. The van der Waals surface area contributed by atoms with Crippen molar-refractivity contribution >= 4 is 5.97 Å². The van der Waals surface area contributed by atoms with Crippen molar-refractivity contribution in [3.05, 3.63) is 0 Å². The van der Waals surface area contributed by atoms with Gasteiger partial charge in [0.15, 0.2) is 0 Å². The summed E-state index contributed by atoms with van der Waals surface area (Å²) in [5, 5.41) is 12.2. The van der Waals surface area contributed by atoms with E-state index in [0.717, 1.165) is 19.6 Å². The molecule has 3 unspecified atom stereocenters. The summed E-state index contributed by atoms with van der Waals surface area (Å²) in [4.78, 5) is 13.4. The van der Waals surface area contributed by atoms with Crippen LogP contribution in [0.5, 0.6) is 0 Å². The Morgan fingerprint density at radius 2 is 1.94 bits per heavy atom. The first-order valence-electron chi connectivity index (χ1n) is 6.75. The third-order valence-corrected chi connectivity index (χ3v) is 3.06. The first-order valence-corrected chi connectivity index (χ1v) is 6.75. The van der Waals surface area contributed by atoms with Crippen molar-refractivity contribution in [3.8, 4) is 0 Å². The highest BCUT2D eigenvalue weighted by Gasteiger charge is 2.24. The molecule has 3 atom stereocenters. The average molecular weight is 258 g/mol. The van der Waals surface area contributed by atoms with Crippen molar-refractivity contribution in [1.29, 1.82) is 0 Å². The summed E-state index contributed by atoms with van der Waals surface area (Å²) in [5.74, 6) is -0.766. The third kappa shape index (κ3) is 5.33. The van der Waals surface area contributed by atoms with Gasteiger partial charge in [0.1, 0.15) is 6.04 Å². The Morgan fingerprint density at radius 3 is 2.39 bits per heavy atom. The van der Waals surface area contributed by atoms with Gasteiger partial charge >= 0.3 is 5.97 Å². The monoisotopic (exact) mass is 258 g/mol. The molecule has 1 aliphatic heterocycles. The molecule has 0 aromatic rings. The fraction of sp³-hybridized carbons (Fsp3) is 0.923. The molecule has 0 saturated carbocycles. The number of aliphatic carboxylic acids is 1. The van der Waals surface area contributed by atoms with Crippen LogP contribution in [-0.2, 0) is 9.53 Å². The number of nitrogens with one attached hydrogen (secondary N) is 1. The molecule has 106 valence electrons. The van der Waals surface area contributed by atoms with Gasteiger partial charge in [-0.25, -0.2) is 0 Å². The van der Waals surface area contributed by atoms with Crippen LogP contribution in [-0.4, -0.2) is 59.9 Å². The molecule has 2 N–H and O–H groups in total. The number of morpholine rings is 1. The molecule has 1 fully saturated rings. The van der Waals surface area contributed by atoms with E-state index >= 15 is 0 Å². The summed E-state index contributed by atoms with van der Waals surface area (Å²) in [6.07, 6.45) is 1.10. The lowest BCUT2D eigenvalue weighted by molar-refractivity contribution is -0.140. The Balaban J connectivity index is 2.39. The summed E-state index contributed by atoms with van der Waals surface area (Å²) in [5.41, 5.74) is 0. The maximum absolute atomic E-state index is 11.1. The Hall–Kier alpha value is -0.650. The quantitative estimate of drug-likeness (QED) is 0.742. The summed E-state index contributed by atoms with van der Waals surface area (Å²) in [7, 11) is 0. The molecule has 0 aliphatic carbocycles. The Morgan fingerprint density at radius 1 is 1.39 bits per heavy atom. The van der Waals surface area contributed by atoms with Crippen LogP contribution in [0.1, 0.15) is 34.1 Å². The van der Waals surface area contributed by atoms with Crippen LogP contribution in [0.15, 0.2) is 0 Å². The fourth-order valence-corrected chi connectivity index (χ4v) is 2.46. The zero-order valence-corrected chi connectivity index (χ0v) is 11.8. The summed E-state index contributed by atoms with van der Waals surface area (Å²) >= 11 is 0. The number of hydrogen-bond acceptors (Lipinski definition) is 4. The Bertz CT molecular complexity index is 261. The van der Waals surface area contributed by atoms with Crippen molar-refractivity contribution in [3.63, 3.8) is 0 Å². The molecule has 5 nitrogen and oxygen atoms in total. The predicted octanol–water partition coefficient (Wildman–Crippen LogP) is 0.937. The van der Waals surface area contributed by atoms with E-state index in [0.29, 0.717) is 6.42 Å². The van der Waals surface area contributed by atoms with Crippen LogP contribution in [0.25, 0.3) is 0 Å². The van der Waals surface area contributed by atoms with Crippen molar-refractivity contribution in [1.82, 2.24) is 10.2 Å². The molecule has 18 heavy (non-hydrogen) atoms. The highest BCUT2D eigenvalue weighted by Crippen LogP contribution is 2.11.